The Balaban J connectivity index is 2.37. The molecule has 0 atom stereocenters. The van der Waals surface area contributed by atoms with Gasteiger partial charge in [-0.25, -0.2) is 13.1 Å². The second-order valence-corrected chi connectivity index (χ2v) is 5.26. The Hall–Kier alpha value is -1.44. The number of carbonyl (C=O) groups excluding carboxylic acids is 1. The van der Waals surface area contributed by atoms with Gasteiger partial charge < -0.3 is 10.1 Å². The maximum atomic E-state index is 11.8. The largest absolute Gasteiger partial charge is 0.375 e. The summed E-state index contributed by atoms with van der Waals surface area (Å²) >= 11 is 0. The van der Waals surface area contributed by atoms with Crippen LogP contribution in [0.2, 0.25) is 0 Å². The van der Waals surface area contributed by atoms with Crippen LogP contribution in [-0.4, -0.2) is 41.1 Å². The molecular weight excluding hydrogens is 256 g/mol. The molecule has 0 aromatic heterocycles. The maximum Gasteiger partial charge on any atom is 0.246 e. The SMILES string of the molecule is COCC(=O)NCCNS(=O)(=O)c1ccccc1. The van der Waals surface area contributed by atoms with E-state index in [1.54, 1.807) is 18.2 Å². The minimum atomic E-state index is -3.50. The van der Waals surface area contributed by atoms with Crippen LogP contribution in [0.15, 0.2) is 35.2 Å². The molecule has 0 unspecified atom stereocenters. The second kappa shape index (κ2) is 7.10. The van der Waals surface area contributed by atoms with Gasteiger partial charge in [-0.2, -0.15) is 0 Å². The first-order valence-corrected chi connectivity index (χ1v) is 6.85. The predicted octanol–water partition coefficient (Wildman–Crippen LogP) is -0.272. The van der Waals surface area contributed by atoms with Gasteiger partial charge in [-0.05, 0) is 12.1 Å². The number of rotatable bonds is 7. The molecular formula is C11H16N2O4S. The molecule has 0 aliphatic heterocycles. The van der Waals surface area contributed by atoms with E-state index in [-0.39, 0.29) is 30.5 Å². The van der Waals surface area contributed by atoms with Crippen LogP contribution in [0.5, 0.6) is 0 Å². The van der Waals surface area contributed by atoms with Crippen molar-refractivity contribution < 1.29 is 17.9 Å². The monoisotopic (exact) mass is 272 g/mol. The van der Waals surface area contributed by atoms with Crippen molar-refractivity contribution in [2.75, 3.05) is 26.8 Å². The maximum absolute atomic E-state index is 11.8. The summed E-state index contributed by atoms with van der Waals surface area (Å²) in [5.74, 6) is -0.281. The Morgan fingerprint density at radius 2 is 1.89 bits per heavy atom. The van der Waals surface area contributed by atoms with E-state index in [1.165, 1.54) is 19.2 Å². The van der Waals surface area contributed by atoms with E-state index in [1.807, 2.05) is 0 Å². The zero-order valence-electron chi connectivity index (χ0n) is 10.0. The Morgan fingerprint density at radius 3 is 2.50 bits per heavy atom. The number of hydrogen-bond donors (Lipinski definition) is 2. The fraction of sp³-hybridized carbons (Fsp3) is 0.364. The van der Waals surface area contributed by atoms with Gasteiger partial charge in [-0.3, -0.25) is 4.79 Å². The molecule has 1 aromatic carbocycles. The van der Waals surface area contributed by atoms with Gasteiger partial charge in [0.2, 0.25) is 15.9 Å². The first kappa shape index (κ1) is 14.6. The van der Waals surface area contributed by atoms with E-state index in [0.29, 0.717) is 0 Å². The van der Waals surface area contributed by atoms with Gasteiger partial charge in [-0.15, -0.1) is 0 Å². The Kier molecular flexibility index (Phi) is 5.76. The van der Waals surface area contributed by atoms with E-state index in [4.69, 9.17) is 0 Å². The number of amides is 1. The van der Waals surface area contributed by atoms with Crippen molar-refractivity contribution in [1.82, 2.24) is 10.0 Å². The lowest BCUT2D eigenvalue weighted by molar-refractivity contribution is -0.124. The van der Waals surface area contributed by atoms with E-state index >= 15 is 0 Å². The van der Waals surface area contributed by atoms with Crippen molar-refractivity contribution in [3.63, 3.8) is 0 Å². The normalized spacial score (nSPS) is 11.2. The number of sulfonamides is 1. The third-order valence-electron chi connectivity index (χ3n) is 2.07. The number of nitrogens with one attached hydrogen (secondary N) is 2. The van der Waals surface area contributed by atoms with Crippen LogP contribution in [-0.2, 0) is 19.6 Å². The Labute approximate surface area is 106 Å². The molecule has 0 bridgehead atoms. The van der Waals surface area contributed by atoms with Crippen LogP contribution in [0.4, 0.5) is 0 Å². The van der Waals surface area contributed by atoms with Crippen LogP contribution in [0.3, 0.4) is 0 Å². The van der Waals surface area contributed by atoms with Gasteiger partial charge in [0, 0.05) is 20.2 Å². The first-order chi connectivity index (χ1) is 8.56. The van der Waals surface area contributed by atoms with Crippen LogP contribution < -0.4 is 10.0 Å². The highest BCUT2D eigenvalue weighted by Gasteiger charge is 2.12. The molecule has 6 nitrogen and oxygen atoms in total. The van der Waals surface area contributed by atoms with Crippen molar-refractivity contribution in [3.05, 3.63) is 30.3 Å². The van der Waals surface area contributed by atoms with Crippen molar-refractivity contribution in [2.24, 2.45) is 0 Å². The van der Waals surface area contributed by atoms with E-state index in [0.717, 1.165) is 0 Å². The molecule has 1 rings (SSSR count). The number of methoxy groups -OCH3 is 1. The lowest BCUT2D eigenvalue weighted by atomic mass is 10.4. The number of ether oxygens (including phenoxy) is 1. The lowest BCUT2D eigenvalue weighted by Gasteiger charge is -2.07. The van der Waals surface area contributed by atoms with Crippen LogP contribution in [0.25, 0.3) is 0 Å². The highest BCUT2D eigenvalue weighted by molar-refractivity contribution is 7.89. The molecule has 0 heterocycles. The van der Waals surface area contributed by atoms with Gasteiger partial charge in [0.15, 0.2) is 0 Å². The fourth-order valence-electron chi connectivity index (χ4n) is 1.25. The highest BCUT2D eigenvalue weighted by atomic mass is 32.2. The summed E-state index contributed by atoms with van der Waals surface area (Å²) in [7, 11) is -2.09. The van der Waals surface area contributed by atoms with Crippen molar-refractivity contribution in [2.45, 2.75) is 4.90 Å². The number of carbonyl (C=O) groups is 1. The first-order valence-electron chi connectivity index (χ1n) is 5.36. The van der Waals surface area contributed by atoms with E-state index in [9.17, 15) is 13.2 Å². The van der Waals surface area contributed by atoms with Gasteiger partial charge in [-0.1, -0.05) is 18.2 Å². The lowest BCUT2D eigenvalue weighted by Crippen LogP contribution is -2.36. The average molecular weight is 272 g/mol. The summed E-state index contributed by atoms with van der Waals surface area (Å²) in [5, 5.41) is 2.52. The molecule has 1 aromatic rings. The number of hydrogen-bond acceptors (Lipinski definition) is 4. The quantitative estimate of drug-likeness (QED) is 0.669. The molecule has 0 aliphatic rings. The molecule has 100 valence electrons. The van der Waals surface area contributed by atoms with Gasteiger partial charge in [0.05, 0.1) is 4.90 Å². The Bertz CT molecular complexity index is 473. The second-order valence-electron chi connectivity index (χ2n) is 3.49. The predicted molar refractivity (Wildman–Crippen MR) is 66.5 cm³/mol. The molecule has 2 N–H and O–H groups in total. The molecule has 0 aliphatic carbocycles. The molecule has 18 heavy (non-hydrogen) atoms. The van der Waals surface area contributed by atoms with Crippen LogP contribution in [0, 0.1) is 0 Å². The summed E-state index contributed by atoms with van der Waals surface area (Å²) in [6, 6.07) is 8.05. The molecule has 0 spiro atoms. The van der Waals surface area contributed by atoms with Crippen molar-refractivity contribution in [1.29, 1.82) is 0 Å². The third-order valence-corrected chi connectivity index (χ3v) is 3.55. The van der Waals surface area contributed by atoms with Crippen molar-refractivity contribution >= 4 is 15.9 Å². The molecule has 0 saturated heterocycles. The minimum Gasteiger partial charge on any atom is -0.375 e. The van der Waals surface area contributed by atoms with Crippen LogP contribution >= 0.6 is 0 Å². The highest BCUT2D eigenvalue weighted by Crippen LogP contribution is 2.06. The van der Waals surface area contributed by atoms with Gasteiger partial charge in [0.1, 0.15) is 6.61 Å². The molecule has 0 radical (unpaired) electrons. The zero-order valence-corrected chi connectivity index (χ0v) is 10.9. The molecule has 7 heteroatoms. The van der Waals surface area contributed by atoms with Gasteiger partial charge >= 0.3 is 0 Å². The van der Waals surface area contributed by atoms with Gasteiger partial charge in [0.25, 0.3) is 0 Å². The summed E-state index contributed by atoms with van der Waals surface area (Å²) < 4.78 is 30.5. The average Bonchev–Trinajstić information content (AvgIpc) is 2.36. The minimum absolute atomic E-state index is 0.0363. The summed E-state index contributed by atoms with van der Waals surface area (Å²) in [6.07, 6.45) is 0. The molecule has 0 saturated carbocycles. The van der Waals surface area contributed by atoms with Crippen molar-refractivity contribution in [3.8, 4) is 0 Å². The summed E-state index contributed by atoms with van der Waals surface area (Å²) in [5.41, 5.74) is 0. The fourth-order valence-corrected chi connectivity index (χ4v) is 2.31. The summed E-state index contributed by atoms with van der Waals surface area (Å²) in [6.45, 7) is 0.312. The topological polar surface area (TPSA) is 84.5 Å². The zero-order chi connectivity index (χ0) is 13.4. The smallest absolute Gasteiger partial charge is 0.246 e. The standard InChI is InChI=1S/C11H16N2O4S/c1-17-9-11(14)12-7-8-13-18(15,16)10-5-3-2-4-6-10/h2-6,13H,7-9H2,1H3,(H,12,14). The summed E-state index contributed by atoms with van der Waals surface area (Å²) in [4.78, 5) is 11.2. The molecule has 0 fully saturated rings. The van der Waals surface area contributed by atoms with E-state index in [2.05, 4.69) is 14.8 Å². The van der Waals surface area contributed by atoms with Crippen LogP contribution in [0.1, 0.15) is 0 Å². The third kappa shape index (κ3) is 4.82. The van der Waals surface area contributed by atoms with E-state index < -0.39 is 10.0 Å². The number of benzene rings is 1. The molecule has 1 amide bonds. The Morgan fingerprint density at radius 1 is 1.22 bits per heavy atom.